The summed E-state index contributed by atoms with van der Waals surface area (Å²) in [7, 11) is 0. The van der Waals surface area contributed by atoms with Crippen molar-refractivity contribution in [3.63, 3.8) is 0 Å². The van der Waals surface area contributed by atoms with Crippen LogP contribution >= 0.6 is 0 Å². The molecule has 0 aromatic carbocycles. The monoisotopic (exact) mass is 198 g/mol. The number of nitrogens with zero attached hydrogens (tertiary/aromatic N) is 1. The van der Waals surface area contributed by atoms with Crippen LogP contribution in [0.25, 0.3) is 0 Å². The Morgan fingerprint density at radius 1 is 1.50 bits per heavy atom. The van der Waals surface area contributed by atoms with Gasteiger partial charge >= 0.3 is 0 Å². The second-order valence-corrected chi connectivity index (χ2v) is 4.70. The number of carbonyl (C=O) groups excluding carboxylic acids is 1. The zero-order valence-electron chi connectivity index (χ0n) is 9.71. The van der Waals surface area contributed by atoms with Gasteiger partial charge in [-0.05, 0) is 32.7 Å². The van der Waals surface area contributed by atoms with Gasteiger partial charge in [0.2, 0.25) is 5.91 Å². The van der Waals surface area contributed by atoms with E-state index in [4.69, 9.17) is 0 Å². The fourth-order valence-corrected chi connectivity index (χ4v) is 1.88. The normalized spacial score (nSPS) is 29.5. The first-order valence-corrected chi connectivity index (χ1v) is 5.56. The maximum absolute atomic E-state index is 12.0. The molecule has 1 N–H and O–H groups in total. The summed E-state index contributed by atoms with van der Waals surface area (Å²) in [6, 6.07) is 0.362. The molecule has 1 aliphatic heterocycles. The van der Waals surface area contributed by atoms with Crippen LogP contribution in [-0.2, 0) is 4.79 Å². The first-order valence-electron chi connectivity index (χ1n) is 5.56. The van der Waals surface area contributed by atoms with Crippen LogP contribution in [0, 0.1) is 5.92 Å². The average molecular weight is 198 g/mol. The van der Waals surface area contributed by atoms with Crippen molar-refractivity contribution >= 4 is 5.91 Å². The van der Waals surface area contributed by atoms with Crippen LogP contribution in [0.1, 0.15) is 34.1 Å². The molecule has 1 rings (SSSR count). The van der Waals surface area contributed by atoms with E-state index in [0.29, 0.717) is 12.0 Å². The van der Waals surface area contributed by atoms with Gasteiger partial charge in [0, 0.05) is 12.6 Å². The number of rotatable bonds is 2. The summed E-state index contributed by atoms with van der Waals surface area (Å²) in [5, 5.41) is 3.24. The summed E-state index contributed by atoms with van der Waals surface area (Å²) < 4.78 is 0. The minimum atomic E-state index is -0.0151. The summed E-state index contributed by atoms with van der Waals surface area (Å²) in [5.74, 6) is 0.801. The van der Waals surface area contributed by atoms with Gasteiger partial charge in [0.05, 0.1) is 6.04 Å². The molecule has 2 unspecified atom stereocenters. The molecule has 82 valence electrons. The lowest BCUT2D eigenvalue weighted by Gasteiger charge is -2.29. The molecule has 1 fully saturated rings. The number of hydrogen-bond donors (Lipinski definition) is 1. The molecule has 0 aliphatic carbocycles. The molecule has 1 heterocycles. The van der Waals surface area contributed by atoms with Gasteiger partial charge in [-0.3, -0.25) is 4.79 Å². The van der Waals surface area contributed by atoms with Gasteiger partial charge in [0.25, 0.3) is 0 Å². The Morgan fingerprint density at radius 2 is 2.14 bits per heavy atom. The van der Waals surface area contributed by atoms with E-state index in [1.54, 1.807) is 0 Å². The summed E-state index contributed by atoms with van der Waals surface area (Å²) in [5.41, 5.74) is 0. The van der Waals surface area contributed by atoms with Crippen molar-refractivity contribution in [1.82, 2.24) is 10.2 Å². The fraction of sp³-hybridized carbons (Fsp3) is 0.909. The van der Waals surface area contributed by atoms with Gasteiger partial charge in [-0.15, -0.1) is 0 Å². The molecule has 0 spiro atoms. The third-order valence-electron chi connectivity index (χ3n) is 2.76. The quantitative estimate of drug-likeness (QED) is 0.724. The SMILES string of the molecule is CC(C)CN1C(=O)C(C)NCCC1C. The smallest absolute Gasteiger partial charge is 0.239 e. The lowest BCUT2D eigenvalue weighted by molar-refractivity contribution is -0.134. The molecule has 3 heteroatoms. The lowest BCUT2D eigenvalue weighted by Crippen LogP contribution is -2.45. The second kappa shape index (κ2) is 4.78. The van der Waals surface area contributed by atoms with Gasteiger partial charge in [0.15, 0.2) is 0 Å². The van der Waals surface area contributed by atoms with Crippen molar-refractivity contribution in [2.45, 2.75) is 46.2 Å². The lowest BCUT2D eigenvalue weighted by atomic mass is 10.1. The van der Waals surface area contributed by atoms with E-state index < -0.39 is 0 Å². The highest BCUT2D eigenvalue weighted by Gasteiger charge is 2.27. The minimum Gasteiger partial charge on any atom is -0.338 e. The maximum Gasteiger partial charge on any atom is 0.239 e. The van der Waals surface area contributed by atoms with E-state index in [0.717, 1.165) is 19.5 Å². The Labute approximate surface area is 86.9 Å². The van der Waals surface area contributed by atoms with Gasteiger partial charge in [-0.2, -0.15) is 0 Å². The van der Waals surface area contributed by atoms with Gasteiger partial charge < -0.3 is 10.2 Å². The summed E-state index contributed by atoms with van der Waals surface area (Å²) in [4.78, 5) is 14.0. The average Bonchev–Trinajstić information content (AvgIpc) is 2.20. The van der Waals surface area contributed by atoms with Crippen molar-refractivity contribution in [2.24, 2.45) is 5.92 Å². The predicted octanol–water partition coefficient (Wildman–Crippen LogP) is 1.24. The fourth-order valence-electron chi connectivity index (χ4n) is 1.88. The molecule has 0 saturated carbocycles. The largest absolute Gasteiger partial charge is 0.338 e. The van der Waals surface area contributed by atoms with Crippen LogP contribution in [-0.4, -0.2) is 36.0 Å². The third kappa shape index (κ3) is 2.71. The molecule has 1 amide bonds. The highest BCUT2D eigenvalue weighted by Crippen LogP contribution is 2.12. The Hall–Kier alpha value is -0.570. The van der Waals surface area contributed by atoms with Crippen molar-refractivity contribution < 1.29 is 4.79 Å². The van der Waals surface area contributed by atoms with Crippen molar-refractivity contribution in [1.29, 1.82) is 0 Å². The molecule has 0 aromatic rings. The zero-order chi connectivity index (χ0) is 10.7. The first-order chi connectivity index (χ1) is 6.52. The van der Waals surface area contributed by atoms with Crippen LogP contribution in [0.3, 0.4) is 0 Å². The molecule has 3 nitrogen and oxygen atoms in total. The molecule has 1 aliphatic rings. The maximum atomic E-state index is 12.0. The van der Waals surface area contributed by atoms with Crippen LogP contribution in [0.5, 0.6) is 0 Å². The Morgan fingerprint density at radius 3 is 2.71 bits per heavy atom. The van der Waals surface area contributed by atoms with E-state index in [9.17, 15) is 4.79 Å². The molecule has 0 aromatic heterocycles. The number of nitrogens with one attached hydrogen (secondary N) is 1. The minimum absolute atomic E-state index is 0.0151. The van der Waals surface area contributed by atoms with Gasteiger partial charge in [0.1, 0.15) is 0 Å². The number of hydrogen-bond acceptors (Lipinski definition) is 2. The Balaban J connectivity index is 2.69. The molecular weight excluding hydrogens is 176 g/mol. The molecular formula is C11H22N2O. The van der Waals surface area contributed by atoms with E-state index in [-0.39, 0.29) is 11.9 Å². The van der Waals surface area contributed by atoms with Crippen molar-refractivity contribution in [3.05, 3.63) is 0 Å². The Kier molecular flexibility index (Phi) is 3.93. The topological polar surface area (TPSA) is 32.3 Å². The molecule has 1 saturated heterocycles. The molecule has 2 atom stereocenters. The van der Waals surface area contributed by atoms with E-state index in [2.05, 4.69) is 26.1 Å². The predicted molar refractivity (Wildman–Crippen MR) is 58.1 cm³/mol. The van der Waals surface area contributed by atoms with E-state index in [1.165, 1.54) is 0 Å². The van der Waals surface area contributed by atoms with Gasteiger partial charge in [-0.1, -0.05) is 13.8 Å². The summed E-state index contributed by atoms with van der Waals surface area (Å²) in [6.07, 6.45) is 1.06. The van der Waals surface area contributed by atoms with E-state index >= 15 is 0 Å². The molecule has 0 bridgehead atoms. The summed E-state index contributed by atoms with van der Waals surface area (Å²) in [6.45, 7) is 10.2. The van der Waals surface area contributed by atoms with Crippen LogP contribution < -0.4 is 5.32 Å². The standard InChI is InChI=1S/C11H22N2O/c1-8(2)7-13-9(3)5-6-12-10(4)11(13)14/h8-10,12H,5-7H2,1-4H3. The number of carbonyl (C=O) groups is 1. The highest BCUT2D eigenvalue weighted by atomic mass is 16.2. The van der Waals surface area contributed by atoms with Crippen LogP contribution in [0.15, 0.2) is 0 Å². The van der Waals surface area contributed by atoms with Crippen LogP contribution in [0.4, 0.5) is 0 Å². The molecule has 14 heavy (non-hydrogen) atoms. The molecule has 0 radical (unpaired) electrons. The second-order valence-electron chi connectivity index (χ2n) is 4.70. The first kappa shape index (κ1) is 11.5. The van der Waals surface area contributed by atoms with Crippen molar-refractivity contribution in [2.75, 3.05) is 13.1 Å². The number of amides is 1. The Bertz CT molecular complexity index is 203. The van der Waals surface area contributed by atoms with Crippen molar-refractivity contribution in [3.8, 4) is 0 Å². The van der Waals surface area contributed by atoms with Crippen LogP contribution in [0.2, 0.25) is 0 Å². The highest BCUT2D eigenvalue weighted by molar-refractivity contribution is 5.82. The third-order valence-corrected chi connectivity index (χ3v) is 2.76. The van der Waals surface area contributed by atoms with E-state index in [1.807, 2.05) is 11.8 Å². The zero-order valence-corrected chi connectivity index (χ0v) is 9.71. The summed E-state index contributed by atoms with van der Waals surface area (Å²) >= 11 is 0. The van der Waals surface area contributed by atoms with Gasteiger partial charge in [-0.25, -0.2) is 0 Å².